The van der Waals surface area contributed by atoms with Crippen LogP contribution in [0.25, 0.3) is 6.08 Å². The van der Waals surface area contributed by atoms with Gasteiger partial charge in [0.15, 0.2) is 0 Å². The Labute approximate surface area is 162 Å². The molecule has 0 atom stereocenters. The molecule has 0 unspecified atom stereocenters. The fourth-order valence-corrected chi connectivity index (χ4v) is 3.84. The number of aromatic nitrogens is 1. The number of nitrogens with one attached hydrogen (secondary N) is 1. The van der Waals surface area contributed by atoms with Crippen LogP contribution >= 0.6 is 11.8 Å². The third kappa shape index (κ3) is 4.39. The van der Waals surface area contributed by atoms with Gasteiger partial charge in [0.1, 0.15) is 5.75 Å². The number of ether oxygens (including phenoxy) is 1. The van der Waals surface area contributed by atoms with Gasteiger partial charge in [0.25, 0.3) is 5.24 Å². The standard InChI is InChI=1S/C21H20N2O3S/c24-20-19(23-21(25)27-20)13-14-5-9-17(10-6-14)26-12-11-16-8-7-15-3-1-2-4-18(15)22-16/h5-10,13H,1-4,11-12H2,(H,23,25). The molecule has 0 saturated carbocycles. The minimum Gasteiger partial charge on any atom is -0.493 e. The summed E-state index contributed by atoms with van der Waals surface area (Å²) in [7, 11) is 0. The lowest BCUT2D eigenvalue weighted by molar-refractivity contribution is -0.107. The average molecular weight is 380 g/mol. The Balaban J connectivity index is 1.32. The van der Waals surface area contributed by atoms with Crippen molar-refractivity contribution in [2.75, 3.05) is 6.61 Å². The van der Waals surface area contributed by atoms with E-state index in [1.165, 1.54) is 24.1 Å². The van der Waals surface area contributed by atoms with Gasteiger partial charge in [0.05, 0.1) is 12.3 Å². The van der Waals surface area contributed by atoms with Crippen LogP contribution in [0.3, 0.4) is 0 Å². The topological polar surface area (TPSA) is 68.3 Å². The van der Waals surface area contributed by atoms with Crippen LogP contribution in [0, 0.1) is 0 Å². The van der Waals surface area contributed by atoms with Gasteiger partial charge < -0.3 is 10.1 Å². The van der Waals surface area contributed by atoms with Crippen molar-refractivity contribution in [2.45, 2.75) is 32.1 Å². The van der Waals surface area contributed by atoms with Crippen molar-refractivity contribution in [1.29, 1.82) is 0 Å². The lowest BCUT2D eigenvalue weighted by Gasteiger charge is -2.15. The molecule has 1 aliphatic carbocycles. The van der Waals surface area contributed by atoms with Crippen LogP contribution in [0.1, 0.15) is 35.4 Å². The number of pyridine rings is 1. The molecule has 1 saturated heterocycles. The third-order valence-electron chi connectivity index (χ3n) is 4.70. The van der Waals surface area contributed by atoms with E-state index in [0.29, 0.717) is 24.1 Å². The van der Waals surface area contributed by atoms with Gasteiger partial charge in [-0.1, -0.05) is 18.2 Å². The lowest BCUT2D eigenvalue weighted by atomic mass is 9.96. The summed E-state index contributed by atoms with van der Waals surface area (Å²) in [5.74, 6) is 0.770. The Kier molecular flexibility index (Phi) is 5.25. The zero-order chi connectivity index (χ0) is 18.6. The van der Waals surface area contributed by atoms with E-state index in [2.05, 4.69) is 17.4 Å². The average Bonchev–Trinajstić information content (AvgIpc) is 3.00. The number of nitrogens with zero attached hydrogens (tertiary/aromatic N) is 1. The van der Waals surface area contributed by atoms with Gasteiger partial charge in [-0.3, -0.25) is 14.6 Å². The zero-order valence-electron chi connectivity index (χ0n) is 14.9. The summed E-state index contributed by atoms with van der Waals surface area (Å²) in [5, 5.41) is 1.95. The maximum atomic E-state index is 11.6. The van der Waals surface area contributed by atoms with Gasteiger partial charge in [-0.25, -0.2) is 0 Å². The van der Waals surface area contributed by atoms with Crippen molar-refractivity contribution >= 4 is 28.2 Å². The van der Waals surface area contributed by atoms with E-state index in [-0.39, 0.29) is 10.4 Å². The first-order valence-electron chi connectivity index (χ1n) is 9.13. The molecule has 0 bridgehead atoms. The second-order valence-corrected chi connectivity index (χ2v) is 7.59. The highest BCUT2D eigenvalue weighted by Crippen LogP contribution is 2.22. The maximum absolute atomic E-state index is 11.6. The molecule has 2 heterocycles. The second-order valence-electron chi connectivity index (χ2n) is 6.64. The van der Waals surface area contributed by atoms with E-state index >= 15 is 0 Å². The number of carbonyl (C=O) groups excluding carboxylic acids is 2. The van der Waals surface area contributed by atoms with Crippen molar-refractivity contribution < 1.29 is 14.3 Å². The van der Waals surface area contributed by atoms with Crippen LogP contribution in [0.2, 0.25) is 0 Å². The molecule has 0 spiro atoms. The monoisotopic (exact) mass is 380 g/mol. The quantitative estimate of drug-likeness (QED) is 0.797. The molecule has 4 rings (SSSR count). The first-order valence-corrected chi connectivity index (χ1v) is 9.94. The van der Waals surface area contributed by atoms with Gasteiger partial charge in [-0.05, 0) is 61.1 Å². The predicted molar refractivity (Wildman–Crippen MR) is 106 cm³/mol. The van der Waals surface area contributed by atoms with E-state index in [1.54, 1.807) is 6.08 Å². The number of aryl methyl sites for hydroxylation is 2. The molecule has 1 N–H and O–H groups in total. The number of carbonyl (C=O) groups is 2. The maximum Gasteiger partial charge on any atom is 0.291 e. The number of thioether (sulfide) groups is 1. The summed E-state index contributed by atoms with van der Waals surface area (Å²) >= 11 is 0.681. The molecular formula is C21H20N2O3S. The first kappa shape index (κ1) is 17.8. The van der Waals surface area contributed by atoms with Crippen molar-refractivity contribution in [3.05, 3.63) is 64.6 Å². The van der Waals surface area contributed by atoms with Crippen LogP contribution < -0.4 is 10.1 Å². The fourth-order valence-electron chi connectivity index (χ4n) is 3.29. The highest BCUT2D eigenvalue weighted by molar-refractivity contribution is 8.27. The Hall–Kier alpha value is -2.60. The van der Waals surface area contributed by atoms with Gasteiger partial charge in [-0.2, -0.15) is 0 Å². The van der Waals surface area contributed by atoms with E-state index < -0.39 is 0 Å². The largest absolute Gasteiger partial charge is 0.493 e. The Morgan fingerprint density at radius 1 is 1.07 bits per heavy atom. The number of rotatable bonds is 5. The molecule has 1 aromatic carbocycles. The zero-order valence-corrected chi connectivity index (χ0v) is 15.7. The van der Waals surface area contributed by atoms with E-state index in [9.17, 15) is 9.59 Å². The molecule has 0 radical (unpaired) electrons. The molecule has 2 aromatic rings. The number of fused-ring (bicyclic) bond motifs is 1. The molecule has 1 aromatic heterocycles. The van der Waals surface area contributed by atoms with Gasteiger partial charge in [-0.15, -0.1) is 0 Å². The minimum atomic E-state index is -0.331. The molecule has 1 aliphatic heterocycles. The molecule has 138 valence electrons. The van der Waals surface area contributed by atoms with Crippen LogP contribution in [-0.2, 0) is 24.1 Å². The third-order valence-corrected chi connectivity index (χ3v) is 5.39. The highest BCUT2D eigenvalue weighted by atomic mass is 32.2. The van der Waals surface area contributed by atoms with Crippen LogP contribution in [0.15, 0.2) is 42.1 Å². The number of hydrogen-bond donors (Lipinski definition) is 1. The Morgan fingerprint density at radius 3 is 2.67 bits per heavy atom. The molecular weight excluding hydrogens is 360 g/mol. The van der Waals surface area contributed by atoms with Crippen molar-refractivity contribution in [3.63, 3.8) is 0 Å². The van der Waals surface area contributed by atoms with E-state index in [0.717, 1.165) is 36.3 Å². The summed E-state index contributed by atoms with van der Waals surface area (Å²) in [4.78, 5) is 27.6. The van der Waals surface area contributed by atoms with Crippen LogP contribution in [-0.4, -0.2) is 21.9 Å². The van der Waals surface area contributed by atoms with Crippen LogP contribution in [0.5, 0.6) is 5.75 Å². The molecule has 5 nitrogen and oxygen atoms in total. The van der Waals surface area contributed by atoms with Crippen LogP contribution in [0.4, 0.5) is 4.79 Å². The lowest BCUT2D eigenvalue weighted by Crippen LogP contribution is -2.10. The Bertz CT molecular complexity index is 906. The highest BCUT2D eigenvalue weighted by Gasteiger charge is 2.25. The fraction of sp³-hybridized carbons (Fsp3) is 0.286. The molecule has 6 heteroatoms. The van der Waals surface area contributed by atoms with Crippen molar-refractivity contribution in [1.82, 2.24) is 10.3 Å². The van der Waals surface area contributed by atoms with Crippen molar-refractivity contribution in [3.8, 4) is 5.75 Å². The summed E-state index contributed by atoms with van der Waals surface area (Å²) in [5.41, 5.74) is 4.88. The summed E-state index contributed by atoms with van der Waals surface area (Å²) in [6, 6.07) is 11.8. The minimum absolute atomic E-state index is 0.252. The molecule has 1 amide bonds. The van der Waals surface area contributed by atoms with E-state index in [1.807, 2.05) is 24.3 Å². The summed E-state index contributed by atoms with van der Waals surface area (Å²) < 4.78 is 5.82. The molecule has 27 heavy (non-hydrogen) atoms. The van der Waals surface area contributed by atoms with Gasteiger partial charge in [0, 0.05) is 29.6 Å². The molecule has 2 aliphatic rings. The summed E-state index contributed by atoms with van der Waals surface area (Å²) in [6.45, 7) is 0.567. The molecule has 1 fully saturated rings. The van der Waals surface area contributed by atoms with E-state index in [4.69, 9.17) is 9.72 Å². The Morgan fingerprint density at radius 2 is 1.89 bits per heavy atom. The summed E-state index contributed by atoms with van der Waals surface area (Å²) in [6.07, 6.45) is 7.18. The van der Waals surface area contributed by atoms with Gasteiger partial charge in [0.2, 0.25) is 5.12 Å². The smallest absolute Gasteiger partial charge is 0.291 e. The number of amides is 1. The second kappa shape index (κ2) is 7.96. The normalized spacial score (nSPS) is 17.7. The first-order chi connectivity index (χ1) is 13.2. The predicted octanol–water partition coefficient (Wildman–Crippen LogP) is 3.91. The van der Waals surface area contributed by atoms with Gasteiger partial charge >= 0.3 is 0 Å². The van der Waals surface area contributed by atoms with Crippen molar-refractivity contribution in [2.24, 2.45) is 0 Å². The number of hydrogen-bond acceptors (Lipinski definition) is 5. The SMILES string of the molecule is O=C1NC(=Cc2ccc(OCCc3ccc4c(n3)CCCC4)cc2)C(=O)S1. The number of benzene rings is 1.